The number of aromatic nitrogens is 2. The first-order valence-corrected chi connectivity index (χ1v) is 6.80. The van der Waals surface area contributed by atoms with Gasteiger partial charge in [0.2, 0.25) is 0 Å². The Bertz CT molecular complexity index is 696. The summed E-state index contributed by atoms with van der Waals surface area (Å²) in [4.78, 5) is 9.52. The molecule has 5 heteroatoms. The lowest BCUT2D eigenvalue weighted by molar-refractivity contribution is 0.414. The lowest BCUT2D eigenvalue weighted by Gasteiger charge is -2.07. The molecule has 96 valence electrons. The Kier molecular flexibility index (Phi) is 3.29. The van der Waals surface area contributed by atoms with Gasteiger partial charge in [-0.25, -0.2) is 9.97 Å². The highest BCUT2D eigenvalue weighted by atomic mass is 32.1. The minimum Gasteiger partial charge on any atom is -0.497 e. The van der Waals surface area contributed by atoms with E-state index in [2.05, 4.69) is 21.4 Å². The van der Waals surface area contributed by atoms with Crippen LogP contribution in [0.1, 0.15) is 5.56 Å². The molecular weight excluding hydrogens is 258 g/mol. The molecule has 1 N–H and O–H groups in total. The summed E-state index contributed by atoms with van der Waals surface area (Å²) in [6, 6.07) is 10.0. The molecule has 0 aliphatic carbocycles. The van der Waals surface area contributed by atoms with Gasteiger partial charge in [0.05, 0.1) is 12.5 Å². The maximum atomic E-state index is 5.21. The first kappa shape index (κ1) is 11.9. The van der Waals surface area contributed by atoms with Crippen LogP contribution in [0.15, 0.2) is 42.0 Å². The van der Waals surface area contributed by atoms with E-state index < -0.39 is 0 Å². The number of nitrogens with one attached hydrogen (secondary N) is 1. The van der Waals surface area contributed by atoms with E-state index in [-0.39, 0.29) is 0 Å². The number of benzene rings is 1. The quantitative estimate of drug-likeness (QED) is 0.790. The number of methoxy groups -OCH3 is 1. The molecule has 4 nitrogen and oxygen atoms in total. The Morgan fingerprint density at radius 2 is 2.21 bits per heavy atom. The Balaban J connectivity index is 1.80. The standard InChI is InChI=1S/C14H13N3OS/c1-18-11-4-2-3-10(7-11)8-15-13-12-5-6-19-14(12)17-9-16-13/h2-7,9H,8H2,1H3,(H,15,16,17). The molecular formula is C14H13N3OS. The Hall–Kier alpha value is -2.14. The molecule has 0 atom stereocenters. The van der Waals surface area contributed by atoms with Crippen LogP contribution >= 0.6 is 11.3 Å². The van der Waals surface area contributed by atoms with Crippen LogP contribution in [0.3, 0.4) is 0 Å². The highest BCUT2D eigenvalue weighted by molar-refractivity contribution is 7.16. The average molecular weight is 271 g/mol. The normalized spacial score (nSPS) is 10.6. The number of rotatable bonds is 4. The fourth-order valence-electron chi connectivity index (χ4n) is 1.90. The topological polar surface area (TPSA) is 47.0 Å². The number of ether oxygens (including phenoxy) is 1. The van der Waals surface area contributed by atoms with E-state index in [0.29, 0.717) is 6.54 Å². The Labute approximate surface area is 115 Å². The zero-order valence-electron chi connectivity index (χ0n) is 10.5. The molecule has 19 heavy (non-hydrogen) atoms. The zero-order valence-corrected chi connectivity index (χ0v) is 11.3. The number of fused-ring (bicyclic) bond motifs is 1. The summed E-state index contributed by atoms with van der Waals surface area (Å²) in [6.45, 7) is 0.708. The van der Waals surface area contributed by atoms with Gasteiger partial charge >= 0.3 is 0 Å². The lowest BCUT2D eigenvalue weighted by atomic mass is 10.2. The van der Waals surface area contributed by atoms with Crippen LogP contribution in [-0.2, 0) is 6.54 Å². The van der Waals surface area contributed by atoms with Crippen molar-refractivity contribution in [2.24, 2.45) is 0 Å². The molecule has 3 rings (SSSR count). The lowest BCUT2D eigenvalue weighted by Crippen LogP contribution is -2.02. The minimum atomic E-state index is 0.708. The first-order chi connectivity index (χ1) is 9.36. The summed E-state index contributed by atoms with van der Waals surface area (Å²) in [5, 5.41) is 6.43. The smallest absolute Gasteiger partial charge is 0.138 e. The number of thiophene rings is 1. The maximum absolute atomic E-state index is 5.21. The van der Waals surface area contributed by atoms with E-state index in [4.69, 9.17) is 4.74 Å². The van der Waals surface area contributed by atoms with Crippen LogP contribution in [0.25, 0.3) is 10.2 Å². The van der Waals surface area contributed by atoms with Gasteiger partial charge in [0.1, 0.15) is 22.7 Å². The van der Waals surface area contributed by atoms with E-state index >= 15 is 0 Å². The minimum absolute atomic E-state index is 0.708. The second kappa shape index (κ2) is 5.24. The van der Waals surface area contributed by atoms with Crippen LogP contribution < -0.4 is 10.1 Å². The molecule has 0 saturated carbocycles. The molecule has 3 aromatic rings. The maximum Gasteiger partial charge on any atom is 0.138 e. The Morgan fingerprint density at radius 1 is 1.26 bits per heavy atom. The van der Waals surface area contributed by atoms with Gasteiger partial charge in [0.15, 0.2) is 0 Å². The molecule has 0 fully saturated rings. The molecule has 0 aliphatic rings. The van der Waals surface area contributed by atoms with Crippen molar-refractivity contribution in [1.82, 2.24) is 9.97 Å². The van der Waals surface area contributed by atoms with Gasteiger partial charge in [0.25, 0.3) is 0 Å². The third-order valence-electron chi connectivity index (χ3n) is 2.86. The van der Waals surface area contributed by atoms with Crippen molar-refractivity contribution >= 4 is 27.4 Å². The van der Waals surface area contributed by atoms with Crippen LogP contribution in [-0.4, -0.2) is 17.1 Å². The largest absolute Gasteiger partial charge is 0.497 e. The van der Waals surface area contributed by atoms with Crippen molar-refractivity contribution in [1.29, 1.82) is 0 Å². The molecule has 0 amide bonds. The molecule has 0 saturated heterocycles. The number of hydrogen-bond acceptors (Lipinski definition) is 5. The fourth-order valence-corrected chi connectivity index (χ4v) is 2.63. The number of nitrogens with zero attached hydrogens (tertiary/aromatic N) is 2. The van der Waals surface area contributed by atoms with Crippen LogP contribution in [0, 0.1) is 0 Å². The van der Waals surface area contributed by atoms with Gasteiger partial charge in [-0.1, -0.05) is 12.1 Å². The van der Waals surface area contributed by atoms with Crippen molar-refractivity contribution < 1.29 is 4.74 Å². The molecule has 0 radical (unpaired) electrons. The third kappa shape index (κ3) is 2.51. The average Bonchev–Trinajstić information content (AvgIpc) is 2.94. The second-order valence-electron chi connectivity index (χ2n) is 4.07. The van der Waals surface area contributed by atoms with E-state index in [1.54, 1.807) is 24.8 Å². The molecule has 0 spiro atoms. The van der Waals surface area contributed by atoms with Crippen LogP contribution in [0.2, 0.25) is 0 Å². The number of hydrogen-bond donors (Lipinski definition) is 1. The molecule has 0 aliphatic heterocycles. The summed E-state index contributed by atoms with van der Waals surface area (Å²) in [6.07, 6.45) is 1.59. The summed E-state index contributed by atoms with van der Waals surface area (Å²) < 4.78 is 5.21. The van der Waals surface area contributed by atoms with Gasteiger partial charge in [0, 0.05) is 6.54 Å². The van der Waals surface area contributed by atoms with Gasteiger partial charge in [-0.2, -0.15) is 0 Å². The second-order valence-corrected chi connectivity index (χ2v) is 4.96. The fraction of sp³-hybridized carbons (Fsp3) is 0.143. The van der Waals surface area contributed by atoms with Crippen LogP contribution in [0.5, 0.6) is 5.75 Å². The van der Waals surface area contributed by atoms with Crippen LogP contribution in [0.4, 0.5) is 5.82 Å². The highest BCUT2D eigenvalue weighted by Crippen LogP contribution is 2.24. The summed E-state index contributed by atoms with van der Waals surface area (Å²) in [5.41, 5.74) is 1.15. The van der Waals surface area contributed by atoms with E-state index in [0.717, 1.165) is 27.3 Å². The summed E-state index contributed by atoms with van der Waals surface area (Å²) in [7, 11) is 1.67. The molecule has 0 unspecified atom stereocenters. The van der Waals surface area contributed by atoms with Crippen molar-refractivity contribution in [2.45, 2.75) is 6.54 Å². The molecule has 2 heterocycles. The highest BCUT2D eigenvalue weighted by Gasteiger charge is 2.04. The van der Waals surface area contributed by atoms with Gasteiger partial charge in [-0.05, 0) is 29.1 Å². The molecule has 0 bridgehead atoms. The van der Waals surface area contributed by atoms with Gasteiger partial charge in [-0.15, -0.1) is 11.3 Å². The molecule has 2 aromatic heterocycles. The van der Waals surface area contributed by atoms with Crippen molar-refractivity contribution in [2.75, 3.05) is 12.4 Å². The van der Waals surface area contributed by atoms with Crippen molar-refractivity contribution in [3.05, 3.63) is 47.6 Å². The monoisotopic (exact) mass is 271 g/mol. The summed E-state index contributed by atoms with van der Waals surface area (Å²) >= 11 is 1.62. The molecule has 1 aromatic carbocycles. The van der Waals surface area contributed by atoms with Crippen molar-refractivity contribution in [3.63, 3.8) is 0 Å². The summed E-state index contributed by atoms with van der Waals surface area (Å²) in [5.74, 6) is 1.73. The van der Waals surface area contributed by atoms with E-state index in [9.17, 15) is 0 Å². The van der Waals surface area contributed by atoms with Crippen molar-refractivity contribution in [3.8, 4) is 5.75 Å². The van der Waals surface area contributed by atoms with E-state index in [1.807, 2.05) is 29.6 Å². The predicted molar refractivity (Wildman–Crippen MR) is 77.7 cm³/mol. The first-order valence-electron chi connectivity index (χ1n) is 5.92. The predicted octanol–water partition coefficient (Wildman–Crippen LogP) is 3.31. The Morgan fingerprint density at radius 3 is 3.11 bits per heavy atom. The van der Waals surface area contributed by atoms with Gasteiger partial charge in [-0.3, -0.25) is 0 Å². The zero-order chi connectivity index (χ0) is 13.1. The third-order valence-corrected chi connectivity index (χ3v) is 3.68. The van der Waals surface area contributed by atoms with Gasteiger partial charge < -0.3 is 10.1 Å². The van der Waals surface area contributed by atoms with E-state index in [1.165, 1.54) is 0 Å². The SMILES string of the molecule is COc1cccc(CNc2ncnc3sccc23)c1. The number of anilines is 1.